The van der Waals surface area contributed by atoms with Gasteiger partial charge in [0.25, 0.3) is 0 Å². The molecule has 1 aliphatic carbocycles. The van der Waals surface area contributed by atoms with E-state index in [0.717, 1.165) is 24.0 Å². The molecule has 1 N–H and O–H groups in total. The first-order valence-electron chi connectivity index (χ1n) is 6.07. The van der Waals surface area contributed by atoms with Gasteiger partial charge < -0.3 is 9.52 Å². The van der Waals surface area contributed by atoms with Crippen LogP contribution in [0.3, 0.4) is 0 Å². The van der Waals surface area contributed by atoms with Gasteiger partial charge in [-0.2, -0.15) is 0 Å². The van der Waals surface area contributed by atoms with Gasteiger partial charge in [-0.25, -0.2) is 9.78 Å². The van der Waals surface area contributed by atoms with Gasteiger partial charge in [0, 0.05) is 16.5 Å². The highest BCUT2D eigenvalue weighted by Crippen LogP contribution is 2.42. The number of benzene rings is 1. The van der Waals surface area contributed by atoms with Crippen LogP contribution in [0.5, 0.6) is 0 Å². The molecule has 3 rings (SSSR count). The number of hydrogen-bond donors (Lipinski definition) is 1. The molecule has 2 aromatic rings. The maximum absolute atomic E-state index is 11.2. The van der Waals surface area contributed by atoms with E-state index in [4.69, 9.17) is 21.1 Å². The number of aromatic carboxylic acids is 1. The average molecular weight is 278 g/mol. The van der Waals surface area contributed by atoms with Gasteiger partial charge in [-0.15, -0.1) is 0 Å². The largest absolute Gasteiger partial charge is 0.475 e. The van der Waals surface area contributed by atoms with E-state index in [0.29, 0.717) is 16.6 Å². The lowest BCUT2D eigenvalue weighted by molar-refractivity contribution is 0.0661. The number of carbonyl (C=O) groups is 1. The highest BCUT2D eigenvalue weighted by molar-refractivity contribution is 6.31. The van der Waals surface area contributed by atoms with Crippen LogP contribution in [0.15, 0.2) is 22.6 Å². The van der Waals surface area contributed by atoms with Gasteiger partial charge in [-0.3, -0.25) is 0 Å². The molecular weight excluding hydrogens is 266 g/mol. The zero-order valence-corrected chi connectivity index (χ0v) is 11.1. The van der Waals surface area contributed by atoms with Crippen LogP contribution in [0, 0.1) is 6.92 Å². The van der Waals surface area contributed by atoms with Gasteiger partial charge in [0.05, 0.1) is 5.69 Å². The van der Waals surface area contributed by atoms with Crippen molar-refractivity contribution >= 4 is 17.6 Å². The smallest absolute Gasteiger partial charge is 0.373 e. The van der Waals surface area contributed by atoms with Crippen LogP contribution in [0.1, 0.15) is 40.6 Å². The Labute approximate surface area is 115 Å². The van der Waals surface area contributed by atoms with Crippen molar-refractivity contribution in [3.05, 3.63) is 40.2 Å². The molecule has 1 aromatic heterocycles. The summed E-state index contributed by atoms with van der Waals surface area (Å²) in [4.78, 5) is 15.5. The highest BCUT2D eigenvalue weighted by atomic mass is 35.5. The van der Waals surface area contributed by atoms with E-state index < -0.39 is 5.97 Å². The van der Waals surface area contributed by atoms with Gasteiger partial charge in [0.15, 0.2) is 0 Å². The zero-order valence-electron chi connectivity index (χ0n) is 10.3. The molecule has 98 valence electrons. The molecule has 1 saturated carbocycles. The molecule has 5 heteroatoms. The fourth-order valence-electron chi connectivity index (χ4n) is 2.02. The first-order chi connectivity index (χ1) is 9.06. The first-order valence-corrected chi connectivity index (χ1v) is 6.44. The number of nitrogens with zero attached hydrogens (tertiary/aromatic N) is 1. The summed E-state index contributed by atoms with van der Waals surface area (Å²) in [5.74, 6) is -0.521. The second-order valence-corrected chi connectivity index (χ2v) is 5.18. The van der Waals surface area contributed by atoms with Crippen LogP contribution < -0.4 is 0 Å². The van der Waals surface area contributed by atoms with Crippen molar-refractivity contribution in [1.82, 2.24) is 4.98 Å². The van der Waals surface area contributed by atoms with E-state index >= 15 is 0 Å². The van der Waals surface area contributed by atoms with Crippen LogP contribution >= 0.6 is 11.6 Å². The van der Waals surface area contributed by atoms with Gasteiger partial charge >= 0.3 is 5.97 Å². The monoisotopic (exact) mass is 277 g/mol. The molecule has 0 spiro atoms. The van der Waals surface area contributed by atoms with Crippen molar-refractivity contribution in [1.29, 1.82) is 0 Å². The van der Waals surface area contributed by atoms with Crippen molar-refractivity contribution in [2.75, 3.05) is 0 Å². The molecule has 4 nitrogen and oxygen atoms in total. The van der Waals surface area contributed by atoms with E-state index in [9.17, 15) is 4.79 Å². The normalized spacial score (nSPS) is 14.6. The molecule has 19 heavy (non-hydrogen) atoms. The van der Waals surface area contributed by atoms with Crippen molar-refractivity contribution in [3.63, 3.8) is 0 Å². The minimum absolute atomic E-state index is 0.0369. The Kier molecular flexibility index (Phi) is 2.82. The number of aryl methyl sites for hydroxylation is 1. The molecule has 0 radical (unpaired) electrons. The zero-order chi connectivity index (χ0) is 13.6. The topological polar surface area (TPSA) is 63.3 Å². The molecule has 1 aliphatic rings. The number of carboxylic acids is 1. The summed E-state index contributed by atoms with van der Waals surface area (Å²) in [6, 6.07) is 5.38. The summed E-state index contributed by atoms with van der Waals surface area (Å²) in [6.07, 6.45) is 1.96. The quantitative estimate of drug-likeness (QED) is 0.925. The molecule has 1 fully saturated rings. The molecule has 0 bridgehead atoms. The second-order valence-electron chi connectivity index (χ2n) is 4.78. The number of halogens is 1. The van der Waals surface area contributed by atoms with Crippen LogP contribution in [-0.2, 0) is 0 Å². The Hall–Kier alpha value is -1.81. The van der Waals surface area contributed by atoms with Crippen molar-refractivity contribution in [2.45, 2.75) is 25.7 Å². The molecule has 1 heterocycles. The van der Waals surface area contributed by atoms with Crippen LogP contribution in [-0.4, -0.2) is 16.1 Å². The van der Waals surface area contributed by atoms with Gasteiger partial charge in [0.2, 0.25) is 11.7 Å². The van der Waals surface area contributed by atoms with Crippen LogP contribution in [0.2, 0.25) is 5.02 Å². The SMILES string of the molecule is Cc1cc(-c2nc(C3CC3)c(C(=O)O)o2)ccc1Cl. The van der Waals surface area contributed by atoms with Crippen molar-refractivity contribution < 1.29 is 14.3 Å². The molecule has 0 saturated heterocycles. The third-order valence-corrected chi connectivity index (χ3v) is 3.64. The fourth-order valence-corrected chi connectivity index (χ4v) is 2.14. The lowest BCUT2D eigenvalue weighted by atomic mass is 10.1. The van der Waals surface area contributed by atoms with E-state index in [-0.39, 0.29) is 11.7 Å². The standard InChI is InChI=1S/C14H12ClNO3/c1-7-6-9(4-5-10(7)15)13-16-11(8-2-3-8)12(19-13)14(17)18/h4-6,8H,2-3H2,1H3,(H,17,18). The van der Waals surface area contributed by atoms with Crippen molar-refractivity contribution in [3.8, 4) is 11.5 Å². The van der Waals surface area contributed by atoms with Crippen LogP contribution in [0.4, 0.5) is 0 Å². The first kappa shape index (κ1) is 12.2. The Bertz CT molecular complexity index is 659. The van der Waals surface area contributed by atoms with E-state index in [1.807, 2.05) is 13.0 Å². The van der Waals surface area contributed by atoms with Crippen molar-refractivity contribution in [2.24, 2.45) is 0 Å². The highest BCUT2D eigenvalue weighted by Gasteiger charge is 2.33. The Morgan fingerprint density at radius 1 is 1.47 bits per heavy atom. The second kappa shape index (κ2) is 4.38. The number of carboxylic acid groups (broad SMARTS) is 1. The Morgan fingerprint density at radius 2 is 2.21 bits per heavy atom. The van der Waals surface area contributed by atoms with Gasteiger partial charge in [-0.05, 0) is 43.5 Å². The van der Waals surface area contributed by atoms with E-state index in [2.05, 4.69) is 4.98 Å². The predicted molar refractivity (Wildman–Crippen MR) is 70.6 cm³/mol. The molecule has 0 unspecified atom stereocenters. The van der Waals surface area contributed by atoms with E-state index in [1.54, 1.807) is 12.1 Å². The van der Waals surface area contributed by atoms with E-state index in [1.165, 1.54) is 0 Å². The lowest BCUT2D eigenvalue weighted by Crippen LogP contribution is -1.98. The summed E-state index contributed by atoms with van der Waals surface area (Å²) in [5.41, 5.74) is 2.22. The number of hydrogen-bond acceptors (Lipinski definition) is 3. The number of aromatic nitrogens is 1. The minimum Gasteiger partial charge on any atom is -0.475 e. The van der Waals surface area contributed by atoms with Crippen LogP contribution in [0.25, 0.3) is 11.5 Å². The maximum atomic E-state index is 11.2. The third kappa shape index (κ3) is 2.24. The molecule has 0 amide bonds. The summed E-state index contributed by atoms with van der Waals surface area (Å²) >= 11 is 5.97. The molecule has 0 atom stereocenters. The summed E-state index contributed by atoms with van der Waals surface area (Å²) in [5, 5.41) is 9.81. The fraction of sp³-hybridized carbons (Fsp3) is 0.286. The summed E-state index contributed by atoms with van der Waals surface area (Å²) < 4.78 is 5.40. The Balaban J connectivity index is 2.07. The Morgan fingerprint density at radius 3 is 2.79 bits per heavy atom. The number of rotatable bonds is 3. The minimum atomic E-state index is -1.06. The lowest BCUT2D eigenvalue weighted by Gasteiger charge is -1.99. The van der Waals surface area contributed by atoms with Gasteiger partial charge in [-0.1, -0.05) is 11.6 Å². The molecule has 1 aromatic carbocycles. The predicted octanol–water partition coefficient (Wildman–Crippen LogP) is 3.88. The molecular formula is C14H12ClNO3. The molecule has 0 aliphatic heterocycles. The average Bonchev–Trinajstić information content (AvgIpc) is 3.11. The number of oxazole rings is 1. The third-order valence-electron chi connectivity index (χ3n) is 3.22. The maximum Gasteiger partial charge on any atom is 0.373 e. The summed E-state index contributed by atoms with van der Waals surface area (Å²) in [7, 11) is 0. The van der Waals surface area contributed by atoms with Gasteiger partial charge in [0.1, 0.15) is 0 Å². The summed E-state index contributed by atoms with van der Waals surface area (Å²) in [6.45, 7) is 1.88.